The Hall–Kier alpha value is -2.26. The van der Waals surface area contributed by atoms with Crippen molar-refractivity contribution in [3.05, 3.63) is 40.8 Å². The van der Waals surface area contributed by atoms with Gasteiger partial charge in [-0.25, -0.2) is 4.79 Å². The van der Waals surface area contributed by atoms with Gasteiger partial charge >= 0.3 is 5.97 Å². The first-order valence-corrected chi connectivity index (χ1v) is 10.9. The van der Waals surface area contributed by atoms with E-state index in [1.165, 1.54) is 18.4 Å². The van der Waals surface area contributed by atoms with Crippen molar-refractivity contribution in [3.8, 4) is 11.1 Å². The largest absolute Gasteiger partial charge is 0.465 e. The Bertz CT molecular complexity index is 908. The second kappa shape index (κ2) is 8.85. The van der Waals surface area contributed by atoms with Crippen LogP contribution in [-0.4, -0.2) is 62.5 Å². The number of piperidine rings is 1. The molecule has 3 heterocycles. The van der Waals surface area contributed by atoms with E-state index in [1.54, 1.807) is 0 Å². The number of nitrogens with one attached hydrogen (secondary N) is 1. The Kier molecular flexibility index (Phi) is 6.19. The Morgan fingerprint density at radius 2 is 1.83 bits per heavy atom. The van der Waals surface area contributed by atoms with Crippen molar-refractivity contribution in [1.29, 1.82) is 0 Å². The fourth-order valence-corrected chi connectivity index (χ4v) is 4.88. The van der Waals surface area contributed by atoms with Crippen LogP contribution < -0.4 is 5.32 Å². The highest BCUT2D eigenvalue weighted by molar-refractivity contribution is 7.15. The van der Waals surface area contributed by atoms with Gasteiger partial charge in [0.25, 0.3) is 0 Å². The molecule has 1 spiro atoms. The summed E-state index contributed by atoms with van der Waals surface area (Å²) in [7, 11) is 1.35. The number of methoxy groups -OCH3 is 1. The molecule has 0 radical (unpaired) electrons. The lowest BCUT2D eigenvalue weighted by atomic mass is 10.0. The number of benzene rings is 1. The Morgan fingerprint density at radius 3 is 2.47 bits per heavy atom. The molecule has 0 unspecified atom stereocenters. The van der Waals surface area contributed by atoms with Crippen molar-refractivity contribution in [1.82, 2.24) is 4.90 Å². The molecule has 1 N–H and O–H groups in total. The number of aryl methyl sites for hydroxylation is 1. The Balaban J connectivity index is 1.44. The van der Waals surface area contributed by atoms with Crippen LogP contribution in [0.15, 0.2) is 29.6 Å². The number of likely N-dealkylation sites (tertiary alicyclic amines) is 1. The number of thiophene rings is 1. The first kappa shape index (κ1) is 21.0. The van der Waals surface area contributed by atoms with Gasteiger partial charge in [0.15, 0.2) is 5.79 Å². The molecule has 0 bridgehead atoms. The molecule has 4 rings (SSSR count). The third-order valence-corrected chi connectivity index (χ3v) is 6.49. The minimum absolute atomic E-state index is 0.151. The van der Waals surface area contributed by atoms with E-state index in [2.05, 4.69) is 10.2 Å². The number of ether oxygens (including phenoxy) is 3. The maximum absolute atomic E-state index is 12.7. The van der Waals surface area contributed by atoms with E-state index in [-0.39, 0.29) is 12.5 Å². The predicted octanol–water partition coefficient (Wildman–Crippen LogP) is 3.29. The molecule has 7 nitrogen and oxygen atoms in total. The van der Waals surface area contributed by atoms with Crippen LogP contribution >= 0.6 is 11.3 Å². The number of hydrogen-bond acceptors (Lipinski definition) is 7. The summed E-state index contributed by atoms with van der Waals surface area (Å²) in [6.45, 7) is 5.01. The molecule has 1 aromatic carbocycles. The van der Waals surface area contributed by atoms with Gasteiger partial charge in [-0.3, -0.25) is 9.69 Å². The maximum Gasteiger partial charge on any atom is 0.341 e. The lowest BCUT2D eigenvalue weighted by Gasteiger charge is -2.37. The lowest BCUT2D eigenvalue weighted by Crippen LogP contribution is -2.47. The fourth-order valence-electron chi connectivity index (χ4n) is 3.91. The number of rotatable bonds is 5. The summed E-state index contributed by atoms with van der Waals surface area (Å²) >= 11 is 1.33. The van der Waals surface area contributed by atoms with E-state index < -0.39 is 11.8 Å². The number of anilines is 1. The molecule has 2 saturated heterocycles. The number of nitrogens with zero attached hydrogens (tertiary/aromatic N) is 1. The third-order valence-electron chi connectivity index (χ3n) is 5.59. The van der Waals surface area contributed by atoms with E-state index >= 15 is 0 Å². The maximum atomic E-state index is 12.7. The van der Waals surface area contributed by atoms with Gasteiger partial charge in [0.2, 0.25) is 5.91 Å². The average molecular weight is 431 g/mol. The van der Waals surface area contributed by atoms with Crippen LogP contribution in [0.3, 0.4) is 0 Å². The SMILES string of the molecule is COC(=O)c1c(-c2ccc(C)cc2)csc1NC(=O)CN1CCC2(CC1)OCCO2. The van der Waals surface area contributed by atoms with Crippen molar-refractivity contribution in [2.45, 2.75) is 25.6 Å². The molecule has 0 aliphatic carbocycles. The van der Waals surface area contributed by atoms with Crippen molar-refractivity contribution in [2.75, 3.05) is 45.3 Å². The highest BCUT2D eigenvalue weighted by atomic mass is 32.1. The van der Waals surface area contributed by atoms with Crippen molar-refractivity contribution >= 4 is 28.2 Å². The molecule has 1 aromatic heterocycles. The minimum atomic E-state index is -0.461. The standard InChI is InChI=1S/C22H26N2O5S/c1-15-3-5-16(6-4-15)17-14-30-20(19(17)21(26)27-2)23-18(25)13-24-9-7-22(8-10-24)28-11-12-29-22/h3-6,14H,7-13H2,1-2H3,(H,23,25). The van der Waals surface area contributed by atoms with Crippen molar-refractivity contribution in [2.24, 2.45) is 0 Å². The number of amides is 1. The van der Waals surface area contributed by atoms with Crippen LogP contribution in [0.4, 0.5) is 5.00 Å². The molecule has 2 fully saturated rings. The van der Waals surface area contributed by atoms with Gasteiger partial charge in [-0.05, 0) is 12.5 Å². The summed E-state index contributed by atoms with van der Waals surface area (Å²) in [6, 6.07) is 7.92. The highest BCUT2D eigenvalue weighted by Gasteiger charge is 2.40. The van der Waals surface area contributed by atoms with Gasteiger partial charge in [0.1, 0.15) is 10.6 Å². The summed E-state index contributed by atoms with van der Waals surface area (Å²) in [5, 5.41) is 5.30. The van der Waals surface area contributed by atoms with Crippen LogP contribution in [0.25, 0.3) is 11.1 Å². The second-order valence-electron chi connectivity index (χ2n) is 7.64. The zero-order chi connectivity index (χ0) is 21.1. The summed E-state index contributed by atoms with van der Waals surface area (Å²) in [4.78, 5) is 27.2. The fraction of sp³-hybridized carbons (Fsp3) is 0.455. The predicted molar refractivity (Wildman–Crippen MR) is 115 cm³/mol. The van der Waals surface area contributed by atoms with Crippen LogP contribution in [0.1, 0.15) is 28.8 Å². The lowest BCUT2D eigenvalue weighted by molar-refractivity contribution is -0.185. The Morgan fingerprint density at radius 1 is 1.17 bits per heavy atom. The molecule has 2 aliphatic heterocycles. The number of hydrogen-bond donors (Lipinski definition) is 1. The first-order valence-electron chi connectivity index (χ1n) is 10.1. The number of carbonyl (C=O) groups is 2. The molecule has 1 amide bonds. The van der Waals surface area contributed by atoms with Crippen molar-refractivity contribution in [3.63, 3.8) is 0 Å². The molecule has 30 heavy (non-hydrogen) atoms. The van der Waals surface area contributed by atoms with Crippen molar-refractivity contribution < 1.29 is 23.8 Å². The number of esters is 1. The van der Waals surface area contributed by atoms with Gasteiger partial charge in [-0.1, -0.05) is 29.8 Å². The molecular weight excluding hydrogens is 404 g/mol. The van der Waals surface area contributed by atoms with Gasteiger partial charge in [0.05, 0.1) is 26.9 Å². The van der Waals surface area contributed by atoms with Gasteiger partial charge in [0, 0.05) is 36.9 Å². The molecular formula is C22H26N2O5S. The van der Waals surface area contributed by atoms with E-state index in [4.69, 9.17) is 14.2 Å². The van der Waals surface area contributed by atoms with Crippen LogP contribution in [-0.2, 0) is 19.0 Å². The summed E-state index contributed by atoms with van der Waals surface area (Å²) in [5.74, 6) is -1.07. The quantitative estimate of drug-likeness (QED) is 0.734. The minimum Gasteiger partial charge on any atom is -0.465 e. The summed E-state index contributed by atoms with van der Waals surface area (Å²) in [5.41, 5.74) is 3.21. The normalized spacial score (nSPS) is 18.5. The zero-order valence-electron chi connectivity index (χ0n) is 17.2. The zero-order valence-corrected chi connectivity index (χ0v) is 18.0. The second-order valence-corrected chi connectivity index (χ2v) is 8.52. The molecule has 2 aromatic rings. The van der Waals surface area contributed by atoms with Crippen LogP contribution in [0.2, 0.25) is 0 Å². The molecule has 0 atom stereocenters. The molecule has 160 valence electrons. The van der Waals surface area contributed by atoms with Gasteiger partial charge in [-0.15, -0.1) is 11.3 Å². The van der Waals surface area contributed by atoms with Gasteiger partial charge < -0.3 is 19.5 Å². The number of carbonyl (C=O) groups excluding carboxylic acids is 2. The van der Waals surface area contributed by atoms with E-state index in [9.17, 15) is 9.59 Å². The topological polar surface area (TPSA) is 77.1 Å². The van der Waals surface area contributed by atoms with E-state index in [0.29, 0.717) is 23.8 Å². The molecule has 2 aliphatic rings. The monoisotopic (exact) mass is 430 g/mol. The third kappa shape index (κ3) is 4.41. The van der Waals surface area contributed by atoms with Crippen LogP contribution in [0.5, 0.6) is 0 Å². The smallest absolute Gasteiger partial charge is 0.341 e. The van der Waals surface area contributed by atoms with E-state index in [1.807, 2.05) is 36.6 Å². The Labute approximate surface area is 179 Å². The molecule has 0 saturated carbocycles. The average Bonchev–Trinajstić information content (AvgIpc) is 3.37. The summed E-state index contributed by atoms with van der Waals surface area (Å²) < 4.78 is 16.5. The van der Waals surface area contributed by atoms with E-state index in [0.717, 1.165) is 42.6 Å². The highest BCUT2D eigenvalue weighted by Crippen LogP contribution is 2.36. The summed E-state index contributed by atoms with van der Waals surface area (Å²) in [6.07, 6.45) is 1.51. The first-order chi connectivity index (χ1) is 14.5. The van der Waals surface area contributed by atoms with Crippen LogP contribution in [0, 0.1) is 6.92 Å². The van der Waals surface area contributed by atoms with Gasteiger partial charge in [-0.2, -0.15) is 0 Å². The molecule has 8 heteroatoms.